The van der Waals surface area contributed by atoms with E-state index >= 15 is 0 Å². The highest BCUT2D eigenvalue weighted by molar-refractivity contribution is 7.13. The van der Waals surface area contributed by atoms with Gasteiger partial charge in [0.15, 0.2) is 11.6 Å². The van der Waals surface area contributed by atoms with Crippen LogP contribution in [-0.2, 0) is 0 Å². The first-order valence-corrected chi connectivity index (χ1v) is 6.58. The average molecular weight is 287 g/mol. The molecule has 6 nitrogen and oxygen atoms in total. The van der Waals surface area contributed by atoms with Crippen LogP contribution in [0.25, 0.3) is 21.8 Å². The van der Waals surface area contributed by atoms with Crippen LogP contribution >= 0.6 is 11.3 Å². The minimum absolute atomic E-state index is 0.00500. The fraction of sp³-hybridized carbons (Fsp3) is 0. The molecule has 2 N–H and O–H groups in total. The van der Waals surface area contributed by atoms with Gasteiger partial charge in [-0.15, -0.1) is 11.3 Å². The predicted octanol–water partition coefficient (Wildman–Crippen LogP) is 3.56. The lowest BCUT2D eigenvalue weighted by atomic mass is 10.1. The van der Waals surface area contributed by atoms with Gasteiger partial charge >= 0.3 is 0 Å². The van der Waals surface area contributed by atoms with Gasteiger partial charge in [0.25, 0.3) is 5.69 Å². The van der Waals surface area contributed by atoms with Gasteiger partial charge in [-0.25, -0.2) is 0 Å². The summed E-state index contributed by atoms with van der Waals surface area (Å²) in [4.78, 5) is 11.3. The number of rotatable bonds is 3. The highest BCUT2D eigenvalue weighted by atomic mass is 32.1. The Hall–Kier alpha value is -2.67. The molecule has 0 atom stereocenters. The lowest BCUT2D eigenvalue weighted by molar-refractivity contribution is -0.384. The Kier molecular flexibility index (Phi) is 2.96. The molecule has 0 fully saturated rings. The second-order valence-corrected chi connectivity index (χ2v) is 5.00. The van der Waals surface area contributed by atoms with Gasteiger partial charge in [-0.1, -0.05) is 23.4 Å². The molecule has 0 aliphatic rings. The van der Waals surface area contributed by atoms with E-state index in [1.807, 2.05) is 17.5 Å². The maximum Gasteiger partial charge on any atom is 0.270 e. The monoisotopic (exact) mass is 287 g/mol. The number of benzene rings is 1. The zero-order chi connectivity index (χ0) is 14.1. The molecule has 0 saturated carbocycles. The Morgan fingerprint density at radius 3 is 2.85 bits per heavy atom. The van der Waals surface area contributed by atoms with E-state index in [0.29, 0.717) is 16.9 Å². The molecule has 0 spiro atoms. The summed E-state index contributed by atoms with van der Waals surface area (Å²) in [7, 11) is 0. The number of nitro groups is 1. The van der Waals surface area contributed by atoms with Gasteiger partial charge in [0.1, 0.15) is 0 Å². The van der Waals surface area contributed by atoms with E-state index < -0.39 is 4.92 Å². The second kappa shape index (κ2) is 4.78. The van der Waals surface area contributed by atoms with Crippen molar-refractivity contribution < 1.29 is 9.45 Å². The summed E-state index contributed by atoms with van der Waals surface area (Å²) >= 11 is 1.50. The molecular weight excluding hydrogens is 278 g/mol. The molecule has 0 bridgehead atoms. The minimum atomic E-state index is -0.450. The van der Waals surface area contributed by atoms with Gasteiger partial charge in [0.05, 0.1) is 10.5 Å². The maximum atomic E-state index is 10.8. The molecule has 3 aromatic rings. The van der Waals surface area contributed by atoms with E-state index in [0.717, 1.165) is 4.88 Å². The number of anilines is 1. The first-order chi connectivity index (χ1) is 9.66. The van der Waals surface area contributed by atoms with Crippen LogP contribution in [0, 0.1) is 10.1 Å². The van der Waals surface area contributed by atoms with Crippen LogP contribution in [0.3, 0.4) is 0 Å². The molecule has 0 saturated heterocycles. The molecule has 3 rings (SSSR count). The summed E-state index contributed by atoms with van der Waals surface area (Å²) in [6, 6.07) is 9.98. The molecular formula is C13H9N3O3S. The van der Waals surface area contributed by atoms with Crippen molar-refractivity contribution in [2.24, 2.45) is 0 Å². The van der Waals surface area contributed by atoms with Crippen molar-refractivity contribution in [2.75, 3.05) is 5.73 Å². The smallest absolute Gasteiger partial charge is 0.270 e. The van der Waals surface area contributed by atoms with Crippen LogP contribution in [0.2, 0.25) is 0 Å². The first kappa shape index (κ1) is 12.4. The summed E-state index contributed by atoms with van der Waals surface area (Å²) in [5, 5.41) is 16.5. The minimum Gasteiger partial charge on any atom is -0.380 e. The van der Waals surface area contributed by atoms with Gasteiger partial charge in [-0.3, -0.25) is 10.1 Å². The molecule has 0 radical (unpaired) electrons. The first-order valence-electron chi connectivity index (χ1n) is 5.70. The molecule has 0 unspecified atom stereocenters. The number of aromatic nitrogens is 1. The third kappa shape index (κ3) is 2.04. The molecule has 0 amide bonds. The molecule has 100 valence electrons. The summed E-state index contributed by atoms with van der Waals surface area (Å²) in [6.07, 6.45) is 0. The normalized spacial score (nSPS) is 10.6. The van der Waals surface area contributed by atoms with Crippen LogP contribution < -0.4 is 5.73 Å². The number of hydrogen-bond donors (Lipinski definition) is 1. The number of hydrogen-bond acceptors (Lipinski definition) is 6. The zero-order valence-corrected chi connectivity index (χ0v) is 11.0. The van der Waals surface area contributed by atoms with Crippen LogP contribution in [-0.4, -0.2) is 10.1 Å². The van der Waals surface area contributed by atoms with Crippen molar-refractivity contribution in [2.45, 2.75) is 0 Å². The molecule has 7 heteroatoms. The fourth-order valence-electron chi connectivity index (χ4n) is 1.92. The van der Waals surface area contributed by atoms with E-state index in [9.17, 15) is 10.1 Å². The quantitative estimate of drug-likeness (QED) is 0.587. The van der Waals surface area contributed by atoms with E-state index in [1.165, 1.54) is 23.5 Å². The van der Waals surface area contributed by atoms with E-state index in [1.54, 1.807) is 12.1 Å². The lowest BCUT2D eigenvalue weighted by Crippen LogP contribution is -1.89. The third-order valence-corrected chi connectivity index (χ3v) is 3.69. The van der Waals surface area contributed by atoms with Crippen molar-refractivity contribution in [3.8, 4) is 21.8 Å². The van der Waals surface area contributed by atoms with Crippen LogP contribution in [0.5, 0.6) is 0 Å². The van der Waals surface area contributed by atoms with E-state index in [2.05, 4.69) is 5.16 Å². The van der Waals surface area contributed by atoms with Gasteiger partial charge in [-0.05, 0) is 11.4 Å². The summed E-state index contributed by atoms with van der Waals surface area (Å²) in [5.41, 5.74) is 7.07. The van der Waals surface area contributed by atoms with Crippen LogP contribution in [0.15, 0.2) is 46.3 Å². The van der Waals surface area contributed by atoms with Crippen LogP contribution in [0.4, 0.5) is 11.5 Å². The summed E-state index contributed by atoms with van der Waals surface area (Å²) in [6.45, 7) is 0. The Morgan fingerprint density at radius 2 is 2.15 bits per heavy atom. The number of nitrogens with two attached hydrogens (primary N) is 1. The Bertz CT molecular complexity index is 765. The number of nitro benzene ring substituents is 1. The van der Waals surface area contributed by atoms with Gasteiger partial charge in [-0.2, -0.15) is 0 Å². The zero-order valence-electron chi connectivity index (χ0n) is 10.1. The summed E-state index contributed by atoms with van der Waals surface area (Å²) < 4.78 is 5.25. The summed E-state index contributed by atoms with van der Waals surface area (Å²) in [5.74, 6) is 0.711. The lowest BCUT2D eigenvalue weighted by Gasteiger charge is -2.00. The number of thiophene rings is 1. The Morgan fingerprint density at radius 1 is 1.30 bits per heavy atom. The van der Waals surface area contributed by atoms with Gasteiger partial charge in [0, 0.05) is 22.6 Å². The molecule has 0 aliphatic carbocycles. The third-order valence-electron chi connectivity index (χ3n) is 2.81. The highest BCUT2D eigenvalue weighted by Gasteiger charge is 2.19. The van der Waals surface area contributed by atoms with Crippen molar-refractivity contribution in [3.05, 3.63) is 51.9 Å². The maximum absolute atomic E-state index is 10.8. The predicted molar refractivity (Wildman–Crippen MR) is 76.3 cm³/mol. The van der Waals surface area contributed by atoms with Crippen molar-refractivity contribution >= 4 is 22.8 Å². The molecule has 20 heavy (non-hydrogen) atoms. The highest BCUT2D eigenvalue weighted by Crippen LogP contribution is 2.39. The standard InChI is InChI=1S/C13H9N3O3S/c14-13-11(10-5-2-6-20-10)12(19-15-13)8-3-1-4-9(7-8)16(17)18/h1-7H,(H2,14,15). The van der Waals surface area contributed by atoms with E-state index in [4.69, 9.17) is 10.3 Å². The molecule has 2 aromatic heterocycles. The van der Waals surface area contributed by atoms with Crippen molar-refractivity contribution in [1.82, 2.24) is 5.16 Å². The Labute approximate surface area is 117 Å². The number of non-ortho nitro benzene ring substituents is 1. The second-order valence-electron chi connectivity index (χ2n) is 4.06. The van der Waals surface area contributed by atoms with E-state index in [-0.39, 0.29) is 11.5 Å². The number of nitrogens with zero attached hydrogens (tertiary/aromatic N) is 2. The Balaban J connectivity index is 2.16. The van der Waals surface area contributed by atoms with Gasteiger partial charge < -0.3 is 10.3 Å². The van der Waals surface area contributed by atoms with Crippen molar-refractivity contribution in [3.63, 3.8) is 0 Å². The SMILES string of the molecule is Nc1noc(-c2cccc([N+](=O)[O-])c2)c1-c1cccs1. The topological polar surface area (TPSA) is 95.2 Å². The largest absolute Gasteiger partial charge is 0.380 e. The number of nitrogen functional groups attached to an aromatic ring is 1. The fourth-order valence-corrected chi connectivity index (χ4v) is 2.70. The van der Waals surface area contributed by atoms with Gasteiger partial charge in [0.2, 0.25) is 0 Å². The van der Waals surface area contributed by atoms with Crippen molar-refractivity contribution in [1.29, 1.82) is 0 Å². The molecule has 1 aromatic carbocycles. The van der Waals surface area contributed by atoms with Crippen LogP contribution in [0.1, 0.15) is 0 Å². The molecule has 2 heterocycles. The average Bonchev–Trinajstić information content (AvgIpc) is 3.07. The molecule has 0 aliphatic heterocycles.